The average Bonchev–Trinajstić information content (AvgIpc) is 2.62. The normalized spacial score (nSPS) is 22.6. The summed E-state index contributed by atoms with van der Waals surface area (Å²) in [6, 6.07) is 8.61. The molecule has 1 aliphatic heterocycles. The van der Waals surface area contributed by atoms with Gasteiger partial charge in [0.05, 0.1) is 0 Å². The highest BCUT2D eigenvalue weighted by Crippen LogP contribution is 2.45. The number of para-hydroxylation sites is 1. The SMILES string of the molecule is NCc1ccccc1N1CC2(CCCCCC2)C1. The van der Waals surface area contributed by atoms with Crippen molar-refractivity contribution in [1.82, 2.24) is 0 Å². The third-order valence-corrected chi connectivity index (χ3v) is 4.77. The smallest absolute Gasteiger partial charge is 0.0412 e. The summed E-state index contributed by atoms with van der Waals surface area (Å²) in [5.41, 5.74) is 9.14. The molecule has 1 aliphatic carbocycles. The summed E-state index contributed by atoms with van der Waals surface area (Å²) in [7, 11) is 0. The average molecular weight is 244 g/mol. The van der Waals surface area contributed by atoms with Crippen molar-refractivity contribution in [3.63, 3.8) is 0 Å². The van der Waals surface area contributed by atoms with Gasteiger partial charge in [0, 0.05) is 30.7 Å². The van der Waals surface area contributed by atoms with Crippen molar-refractivity contribution in [3.8, 4) is 0 Å². The van der Waals surface area contributed by atoms with Gasteiger partial charge in [0.15, 0.2) is 0 Å². The van der Waals surface area contributed by atoms with Gasteiger partial charge in [0.1, 0.15) is 0 Å². The minimum absolute atomic E-state index is 0.637. The molecular weight excluding hydrogens is 220 g/mol. The van der Waals surface area contributed by atoms with Crippen LogP contribution < -0.4 is 10.6 Å². The van der Waals surface area contributed by atoms with Crippen molar-refractivity contribution in [2.24, 2.45) is 11.1 Å². The first-order valence-corrected chi connectivity index (χ1v) is 7.36. The van der Waals surface area contributed by atoms with Crippen LogP contribution in [0.15, 0.2) is 24.3 Å². The van der Waals surface area contributed by atoms with E-state index in [1.54, 1.807) is 0 Å². The van der Waals surface area contributed by atoms with E-state index in [1.807, 2.05) is 0 Å². The summed E-state index contributed by atoms with van der Waals surface area (Å²) in [4.78, 5) is 2.54. The predicted octanol–water partition coefficient (Wildman–Crippen LogP) is 3.31. The lowest BCUT2D eigenvalue weighted by molar-refractivity contribution is 0.180. The van der Waals surface area contributed by atoms with Gasteiger partial charge in [-0.05, 0) is 24.5 Å². The number of nitrogens with two attached hydrogens (primary N) is 1. The van der Waals surface area contributed by atoms with Crippen LogP contribution in [-0.4, -0.2) is 13.1 Å². The highest BCUT2D eigenvalue weighted by molar-refractivity contribution is 5.56. The molecule has 0 bridgehead atoms. The van der Waals surface area contributed by atoms with Gasteiger partial charge in [-0.25, -0.2) is 0 Å². The Morgan fingerprint density at radius 3 is 2.33 bits per heavy atom. The molecule has 0 amide bonds. The van der Waals surface area contributed by atoms with Gasteiger partial charge in [0.2, 0.25) is 0 Å². The Morgan fingerprint density at radius 1 is 1.00 bits per heavy atom. The van der Waals surface area contributed by atoms with Crippen LogP contribution in [0.25, 0.3) is 0 Å². The number of anilines is 1. The lowest BCUT2D eigenvalue weighted by Gasteiger charge is -2.52. The molecule has 1 saturated heterocycles. The van der Waals surface area contributed by atoms with E-state index in [0.717, 1.165) is 0 Å². The van der Waals surface area contributed by atoms with E-state index >= 15 is 0 Å². The summed E-state index contributed by atoms with van der Waals surface area (Å²) < 4.78 is 0. The molecular formula is C16H24N2. The molecule has 0 unspecified atom stereocenters. The van der Waals surface area contributed by atoms with Gasteiger partial charge in [0.25, 0.3) is 0 Å². The van der Waals surface area contributed by atoms with Crippen molar-refractivity contribution in [1.29, 1.82) is 0 Å². The molecule has 98 valence electrons. The highest BCUT2D eigenvalue weighted by atomic mass is 15.2. The maximum Gasteiger partial charge on any atom is 0.0412 e. The second kappa shape index (κ2) is 4.93. The Morgan fingerprint density at radius 2 is 1.67 bits per heavy atom. The van der Waals surface area contributed by atoms with Gasteiger partial charge in [-0.2, -0.15) is 0 Å². The van der Waals surface area contributed by atoms with Crippen LogP contribution in [0.4, 0.5) is 5.69 Å². The predicted molar refractivity (Wildman–Crippen MR) is 76.7 cm³/mol. The Kier molecular flexibility index (Phi) is 3.29. The van der Waals surface area contributed by atoms with Crippen LogP contribution in [-0.2, 0) is 6.54 Å². The van der Waals surface area contributed by atoms with E-state index in [0.29, 0.717) is 12.0 Å². The van der Waals surface area contributed by atoms with Gasteiger partial charge in [-0.3, -0.25) is 0 Å². The highest BCUT2D eigenvalue weighted by Gasteiger charge is 2.42. The molecule has 2 nitrogen and oxygen atoms in total. The van der Waals surface area contributed by atoms with Crippen molar-refractivity contribution in [2.75, 3.05) is 18.0 Å². The zero-order valence-corrected chi connectivity index (χ0v) is 11.2. The van der Waals surface area contributed by atoms with Crippen LogP contribution in [0.2, 0.25) is 0 Å². The van der Waals surface area contributed by atoms with E-state index in [2.05, 4.69) is 29.2 Å². The van der Waals surface area contributed by atoms with E-state index in [1.165, 1.54) is 62.9 Å². The Hall–Kier alpha value is -1.02. The summed E-state index contributed by atoms with van der Waals surface area (Å²) in [5.74, 6) is 0. The summed E-state index contributed by atoms with van der Waals surface area (Å²) in [6.45, 7) is 3.16. The molecule has 1 heterocycles. The van der Waals surface area contributed by atoms with E-state index < -0.39 is 0 Å². The minimum Gasteiger partial charge on any atom is -0.370 e. The van der Waals surface area contributed by atoms with E-state index in [4.69, 9.17) is 5.73 Å². The molecule has 0 radical (unpaired) electrons. The monoisotopic (exact) mass is 244 g/mol. The first kappa shape index (κ1) is 12.0. The molecule has 2 fully saturated rings. The van der Waals surface area contributed by atoms with Gasteiger partial charge >= 0.3 is 0 Å². The maximum atomic E-state index is 5.84. The topological polar surface area (TPSA) is 29.3 Å². The second-order valence-corrected chi connectivity index (χ2v) is 6.10. The third kappa shape index (κ3) is 2.14. The summed E-state index contributed by atoms with van der Waals surface area (Å²) >= 11 is 0. The van der Waals surface area contributed by atoms with E-state index in [-0.39, 0.29) is 0 Å². The molecule has 0 aromatic heterocycles. The van der Waals surface area contributed by atoms with Crippen LogP contribution in [0, 0.1) is 5.41 Å². The molecule has 1 aromatic rings. The molecule has 18 heavy (non-hydrogen) atoms. The van der Waals surface area contributed by atoms with Crippen LogP contribution in [0.3, 0.4) is 0 Å². The molecule has 0 atom stereocenters. The maximum absolute atomic E-state index is 5.84. The number of rotatable bonds is 2. The lowest BCUT2D eigenvalue weighted by Crippen LogP contribution is -2.56. The van der Waals surface area contributed by atoms with Crippen LogP contribution >= 0.6 is 0 Å². The van der Waals surface area contributed by atoms with Gasteiger partial charge < -0.3 is 10.6 Å². The molecule has 2 heteroatoms. The molecule has 1 aromatic carbocycles. The fourth-order valence-electron chi connectivity index (χ4n) is 3.72. The van der Waals surface area contributed by atoms with Gasteiger partial charge in [-0.15, -0.1) is 0 Å². The number of hydrogen-bond donors (Lipinski definition) is 1. The molecule has 2 N–H and O–H groups in total. The number of benzene rings is 1. The zero-order chi connectivity index (χ0) is 12.4. The van der Waals surface area contributed by atoms with E-state index in [9.17, 15) is 0 Å². The Bertz CT molecular complexity index is 397. The summed E-state index contributed by atoms with van der Waals surface area (Å²) in [5, 5.41) is 0. The second-order valence-electron chi connectivity index (χ2n) is 6.10. The third-order valence-electron chi connectivity index (χ3n) is 4.77. The largest absolute Gasteiger partial charge is 0.370 e. The summed E-state index contributed by atoms with van der Waals surface area (Å²) in [6.07, 6.45) is 8.64. The van der Waals surface area contributed by atoms with Crippen molar-refractivity contribution < 1.29 is 0 Å². The molecule has 3 rings (SSSR count). The zero-order valence-electron chi connectivity index (χ0n) is 11.2. The molecule has 2 aliphatic rings. The van der Waals surface area contributed by atoms with Gasteiger partial charge in [-0.1, -0.05) is 43.9 Å². The minimum atomic E-state index is 0.637. The first-order chi connectivity index (χ1) is 8.83. The van der Waals surface area contributed by atoms with Crippen molar-refractivity contribution in [3.05, 3.63) is 29.8 Å². The quantitative estimate of drug-likeness (QED) is 0.865. The Balaban J connectivity index is 1.70. The van der Waals surface area contributed by atoms with Crippen LogP contribution in [0.1, 0.15) is 44.1 Å². The first-order valence-electron chi connectivity index (χ1n) is 7.36. The fraction of sp³-hybridized carbons (Fsp3) is 0.625. The standard InChI is InChI=1S/C16H24N2/c17-11-14-7-3-4-8-15(14)18-12-16(13-18)9-5-1-2-6-10-16/h3-4,7-8H,1-2,5-6,9-13,17H2. The fourth-order valence-corrected chi connectivity index (χ4v) is 3.72. The van der Waals surface area contributed by atoms with Crippen molar-refractivity contribution in [2.45, 2.75) is 45.1 Å². The molecule has 1 spiro atoms. The number of nitrogens with zero attached hydrogens (tertiary/aromatic N) is 1. The number of hydrogen-bond acceptors (Lipinski definition) is 2. The van der Waals surface area contributed by atoms with Crippen molar-refractivity contribution >= 4 is 5.69 Å². The van der Waals surface area contributed by atoms with Crippen LogP contribution in [0.5, 0.6) is 0 Å². The lowest BCUT2D eigenvalue weighted by atomic mass is 9.73. The Labute approximate surface area is 110 Å². The molecule has 1 saturated carbocycles.